The second kappa shape index (κ2) is 8.36. The lowest BCUT2D eigenvalue weighted by atomic mass is 10.1. The average molecular weight is 443 g/mol. The summed E-state index contributed by atoms with van der Waals surface area (Å²) in [5, 5.41) is 0. The first kappa shape index (κ1) is 17.8. The first-order valence-electron chi connectivity index (χ1n) is 7.07. The maximum Gasteiger partial charge on any atom is 0.305 e. The molecule has 0 amide bonds. The van der Waals surface area contributed by atoms with Crippen molar-refractivity contribution in [3.8, 4) is 11.5 Å². The van der Waals surface area contributed by atoms with Gasteiger partial charge in [-0.1, -0.05) is 0 Å². The highest BCUT2D eigenvalue weighted by Gasteiger charge is 2.11. The maximum atomic E-state index is 11.1. The van der Waals surface area contributed by atoms with Crippen molar-refractivity contribution in [2.24, 2.45) is 0 Å². The minimum atomic E-state index is -0.188. The zero-order valence-electron chi connectivity index (χ0n) is 12.6. The first-order valence-corrected chi connectivity index (χ1v) is 8.66. The molecule has 23 heavy (non-hydrogen) atoms. The van der Waals surface area contributed by atoms with Gasteiger partial charge in [-0.3, -0.25) is 4.79 Å². The predicted octanol–water partition coefficient (Wildman–Crippen LogP) is 5.08. The molecule has 2 aromatic rings. The van der Waals surface area contributed by atoms with Crippen LogP contribution < -0.4 is 10.5 Å². The monoisotopic (exact) mass is 441 g/mol. The summed E-state index contributed by atoms with van der Waals surface area (Å²) in [5.41, 5.74) is 7.47. The fourth-order valence-corrected chi connectivity index (χ4v) is 3.49. The fraction of sp³-hybridized carbons (Fsp3) is 0.235. The molecule has 2 rings (SSSR count). The van der Waals surface area contributed by atoms with Crippen molar-refractivity contribution in [1.29, 1.82) is 0 Å². The molecule has 0 heterocycles. The average Bonchev–Trinajstić information content (AvgIpc) is 2.52. The van der Waals surface area contributed by atoms with E-state index < -0.39 is 0 Å². The number of nitrogens with two attached hydrogens (primary N) is 1. The van der Waals surface area contributed by atoms with Gasteiger partial charge in [-0.05, 0) is 86.7 Å². The van der Waals surface area contributed by atoms with E-state index in [2.05, 4.69) is 36.6 Å². The van der Waals surface area contributed by atoms with E-state index in [9.17, 15) is 4.79 Å². The smallest absolute Gasteiger partial charge is 0.305 e. The summed E-state index contributed by atoms with van der Waals surface area (Å²) in [6, 6.07) is 11.2. The van der Waals surface area contributed by atoms with E-state index in [4.69, 9.17) is 10.5 Å². The van der Waals surface area contributed by atoms with Gasteiger partial charge in [-0.2, -0.15) is 0 Å². The Balaban J connectivity index is 2.07. The Bertz CT molecular complexity index is 664. The number of nitrogen functional groups attached to an aromatic ring is 1. The van der Waals surface area contributed by atoms with Crippen LogP contribution in [-0.2, 0) is 16.0 Å². The van der Waals surface area contributed by atoms with Gasteiger partial charge in [0.1, 0.15) is 5.75 Å². The van der Waals surface area contributed by atoms with Crippen molar-refractivity contribution < 1.29 is 14.3 Å². The van der Waals surface area contributed by atoms with E-state index in [0.717, 1.165) is 27.4 Å². The van der Waals surface area contributed by atoms with Gasteiger partial charge >= 0.3 is 5.97 Å². The Morgan fingerprint density at radius 2 is 1.74 bits per heavy atom. The minimum Gasteiger partial charge on any atom is -0.469 e. The van der Waals surface area contributed by atoms with Crippen LogP contribution >= 0.6 is 31.9 Å². The Hall–Kier alpha value is -1.53. The van der Waals surface area contributed by atoms with Crippen molar-refractivity contribution in [2.75, 3.05) is 12.8 Å². The minimum absolute atomic E-state index is 0.188. The predicted molar refractivity (Wildman–Crippen MR) is 97.7 cm³/mol. The molecule has 4 nitrogen and oxygen atoms in total. The van der Waals surface area contributed by atoms with Gasteiger partial charge in [-0.25, -0.2) is 0 Å². The molecule has 2 aromatic carbocycles. The number of rotatable bonds is 6. The molecule has 0 saturated heterocycles. The molecular formula is C17H17Br2NO3. The summed E-state index contributed by atoms with van der Waals surface area (Å²) in [6.45, 7) is 0. The molecule has 0 bridgehead atoms. The number of methoxy groups -OCH3 is 1. The van der Waals surface area contributed by atoms with Crippen LogP contribution in [0.5, 0.6) is 11.5 Å². The van der Waals surface area contributed by atoms with Crippen LogP contribution in [-0.4, -0.2) is 13.1 Å². The lowest BCUT2D eigenvalue weighted by Gasteiger charge is -2.12. The largest absolute Gasteiger partial charge is 0.469 e. The quantitative estimate of drug-likeness (QED) is 0.500. The van der Waals surface area contributed by atoms with E-state index in [-0.39, 0.29) is 5.97 Å². The molecule has 6 heteroatoms. The summed E-state index contributed by atoms with van der Waals surface area (Å²) < 4.78 is 12.2. The molecule has 0 atom stereocenters. The van der Waals surface area contributed by atoms with Crippen LogP contribution in [0.1, 0.15) is 18.4 Å². The number of carbonyl (C=O) groups excluding carboxylic acids is 1. The molecule has 2 N–H and O–H groups in total. The highest BCUT2D eigenvalue weighted by molar-refractivity contribution is 9.11. The number of halogens is 2. The van der Waals surface area contributed by atoms with E-state index in [0.29, 0.717) is 23.6 Å². The van der Waals surface area contributed by atoms with Gasteiger partial charge < -0.3 is 15.2 Å². The molecule has 0 aliphatic rings. The number of esters is 1. The highest BCUT2D eigenvalue weighted by atomic mass is 79.9. The SMILES string of the molecule is COC(=O)CCCc1cc(Br)c(Oc2ccc(N)cc2)c(Br)c1. The molecular weight excluding hydrogens is 426 g/mol. The van der Waals surface area contributed by atoms with E-state index >= 15 is 0 Å². The van der Waals surface area contributed by atoms with Crippen molar-refractivity contribution >= 4 is 43.5 Å². The zero-order chi connectivity index (χ0) is 16.8. The molecule has 0 fully saturated rings. The highest BCUT2D eigenvalue weighted by Crippen LogP contribution is 2.38. The second-order valence-electron chi connectivity index (χ2n) is 4.99. The number of benzene rings is 2. The molecule has 0 aliphatic carbocycles. The first-order chi connectivity index (χ1) is 11.0. The molecule has 0 aliphatic heterocycles. The third kappa shape index (κ3) is 5.25. The number of ether oxygens (including phenoxy) is 2. The molecule has 0 saturated carbocycles. The van der Waals surface area contributed by atoms with Gasteiger partial charge in [0, 0.05) is 12.1 Å². The number of carbonyl (C=O) groups is 1. The van der Waals surface area contributed by atoms with Crippen molar-refractivity contribution in [1.82, 2.24) is 0 Å². The topological polar surface area (TPSA) is 61.5 Å². The van der Waals surface area contributed by atoms with Crippen LogP contribution in [0.15, 0.2) is 45.3 Å². The van der Waals surface area contributed by atoms with Gasteiger partial charge in [0.15, 0.2) is 5.75 Å². The van der Waals surface area contributed by atoms with Gasteiger partial charge in [0.05, 0.1) is 16.1 Å². The lowest BCUT2D eigenvalue weighted by molar-refractivity contribution is -0.140. The van der Waals surface area contributed by atoms with E-state index in [1.807, 2.05) is 24.3 Å². The Labute approximate surface area is 152 Å². The van der Waals surface area contributed by atoms with Gasteiger partial charge in [0.25, 0.3) is 0 Å². The van der Waals surface area contributed by atoms with Crippen LogP contribution in [0.25, 0.3) is 0 Å². The zero-order valence-corrected chi connectivity index (χ0v) is 15.8. The van der Waals surface area contributed by atoms with Crippen molar-refractivity contribution in [2.45, 2.75) is 19.3 Å². The Morgan fingerprint density at radius 3 is 2.30 bits per heavy atom. The second-order valence-corrected chi connectivity index (χ2v) is 6.70. The summed E-state index contributed by atoms with van der Waals surface area (Å²) in [7, 11) is 1.40. The molecule has 0 spiro atoms. The Kier molecular flexibility index (Phi) is 6.47. The van der Waals surface area contributed by atoms with Crippen molar-refractivity contribution in [3.63, 3.8) is 0 Å². The summed E-state index contributed by atoms with van der Waals surface area (Å²) in [4.78, 5) is 11.1. The number of anilines is 1. The molecule has 0 unspecified atom stereocenters. The summed E-state index contributed by atoms with van der Waals surface area (Å²) in [6.07, 6.45) is 1.94. The maximum absolute atomic E-state index is 11.1. The third-order valence-electron chi connectivity index (χ3n) is 3.23. The van der Waals surface area contributed by atoms with Crippen LogP contribution in [0, 0.1) is 0 Å². The van der Waals surface area contributed by atoms with Gasteiger partial charge in [-0.15, -0.1) is 0 Å². The number of hydrogen-bond donors (Lipinski definition) is 1. The normalized spacial score (nSPS) is 10.4. The van der Waals surface area contributed by atoms with Crippen LogP contribution in [0.4, 0.5) is 5.69 Å². The van der Waals surface area contributed by atoms with E-state index in [1.165, 1.54) is 7.11 Å². The molecule has 0 aromatic heterocycles. The van der Waals surface area contributed by atoms with Crippen LogP contribution in [0.2, 0.25) is 0 Å². The molecule has 0 radical (unpaired) electrons. The Morgan fingerprint density at radius 1 is 1.13 bits per heavy atom. The fourth-order valence-electron chi connectivity index (χ4n) is 2.05. The standard InChI is InChI=1S/C17H17Br2NO3/c1-22-16(21)4-2-3-11-9-14(18)17(15(19)10-11)23-13-7-5-12(20)6-8-13/h5-10H,2-4,20H2,1H3. The van der Waals surface area contributed by atoms with E-state index in [1.54, 1.807) is 12.1 Å². The number of hydrogen-bond acceptors (Lipinski definition) is 4. The summed E-state index contributed by atoms with van der Waals surface area (Å²) >= 11 is 7.07. The van der Waals surface area contributed by atoms with Gasteiger partial charge in [0.2, 0.25) is 0 Å². The lowest BCUT2D eigenvalue weighted by Crippen LogP contribution is -2.00. The van der Waals surface area contributed by atoms with Crippen LogP contribution in [0.3, 0.4) is 0 Å². The summed E-state index contributed by atoms with van der Waals surface area (Å²) in [5.74, 6) is 1.22. The number of aryl methyl sites for hydroxylation is 1. The van der Waals surface area contributed by atoms with Crippen molar-refractivity contribution in [3.05, 3.63) is 50.9 Å². The third-order valence-corrected chi connectivity index (χ3v) is 4.41. The molecule has 122 valence electrons.